The van der Waals surface area contributed by atoms with Crippen molar-refractivity contribution in [2.45, 2.75) is 30.5 Å². The first kappa shape index (κ1) is 15.8. The van der Waals surface area contributed by atoms with Gasteiger partial charge >= 0.3 is 0 Å². The number of carbonyl (C=O) groups excluding carboxylic acids is 1. The lowest BCUT2D eigenvalue weighted by Crippen LogP contribution is -2.31. The van der Waals surface area contributed by atoms with Gasteiger partial charge in [-0.1, -0.05) is 18.7 Å². The number of hydrogen-bond donors (Lipinski definition) is 2. The van der Waals surface area contributed by atoms with Gasteiger partial charge < -0.3 is 11.1 Å². The minimum atomic E-state index is -0.395. The molecule has 0 aliphatic carbocycles. The quantitative estimate of drug-likeness (QED) is 0.792. The predicted octanol–water partition coefficient (Wildman–Crippen LogP) is 1.41. The number of nitrogens with two attached hydrogens (primary N) is 1. The Kier molecular flexibility index (Phi) is 5.82. The van der Waals surface area contributed by atoms with E-state index in [1.807, 2.05) is 19.1 Å². The number of nitriles is 2. The number of rotatable bonds is 5. The van der Waals surface area contributed by atoms with Gasteiger partial charge in [-0.05, 0) is 19.4 Å². The number of nitrogens with one attached hydrogen (secondary N) is 1. The molecule has 0 bridgehead atoms. The van der Waals surface area contributed by atoms with Gasteiger partial charge in [-0.3, -0.25) is 4.79 Å². The van der Waals surface area contributed by atoms with E-state index >= 15 is 0 Å². The van der Waals surface area contributed by atoms with Crippen LogP contribution in [0, 0.1) is 22.7 Å². The van der Waals surface area contributed by atoms with Crippen molar-refractivity contribution >= 4 is 23.5 Å². The number of anilines is 1. The summed E-state index contributed by atoms with van der Waals surface area (Å²) in [5.74, 6) is -0.0550. The third-order valence-electron chi connectivity index (χ3n) is 2.46. The number of aromatic nitrogens is 1. The molecule has 3 N–H and O–H groups in total. The Bertz CT molecular complexity index is 588. The van der Waals surface area contributed by atoms with Crippen molar-refractivity contribution in [3.05, 3.63) is 17.2 Å². The normalized spacial score (nSPS) is 11.2. The largest absolute Gasteiger partial charge is 0.383 e. The molecule has 7 heteroatoms. The zero-order valence-electron chi connectivity index (χ0n) is 11.3. The molecular weight excluding hydrogens is 274 g/mol. The van der Waals surface area contributed by atoms with E-state index in [9.17, 15) is 4.79 Å². The average molecular weight is 289 g/mol. The Morgan fingerprint density at radius 1 is 1.50 bits per heavy atom. The molecule has 0 saturated heterocycles. The highest BCUT2D eigenvalue weighted by atomic mass is 32.2. The standard InChI is InChI=1S/C13H15N5OS/c1-3-4-17-12(19)8(2)20-13-10(7-15)5-9(6-14)11(16)18-13/h5,8H,3-4H2,1-2H3,(H2,16,18)(H,17,19)/t8-/m0/s1. The molecule has 1 heterocycles. The number of nitrogen functional groups attached to an aromatic ring is 1. The Labute approximate surface area is 122 Å². The number of nitrogens with zero attached hydrogens (tertiary/aromatic N) is 3. The van der Waals surface area contributed by atoms with Gasteiger partial charge in [-0.15, -0.1) is 0 Å². The van der Waals surface area contributed by atoms with E-state index in [2.05, 4.69) is 10.3 Å². The fourth-order valence-corrected chi connectivity index (χ4v) is 2.29. The molecule has 0 unspecified atom stereocenters. The van der Waals surface area contributed by atoms with Crippen molar-refractivity contribution in [3.8, 4) is 12.1 Å². The topological polar surface area (TPSA) is 116 Å². The molecule has 0 aliphatic heterocycles. The van der Waals surface area contributed by atoms with Crippen LogP contribution in [0.2, 0.25) is 0 Å². The summed E-state index contributed by atoms with van der Waals surface area (Å²) < 4.78 is 0. The third kappa shape index (κ3) is 3.87. The molecule has 6 nitrogen and oxygen atoms in total. The minimum absolute atomic E-state index is 0.0650. The van der Waals surface area contributed by atoms with E-state index in [0.717, 1.165) is 18.2 Å². The van der Waals surface area contributed by atoms with E-state index < -0.39 is 5.25 Å². The molecule has 0 aromatic carbocycles. The molecule has 1 rings (SSSR count). The predicted molar refractivity (Wildman–Crippen MR) is 76.7 cm³/mol. The first-order valence-corrected chi connectivity index (χ1v) is 6.96. The van der Waals surface area contributed by atoms with Crippen molar-refractivity contribution in [2.75, 3.05) is 12.3 Å². The van der Waals surface area contributed by atoms with Crippen LogP contribution in [-0.4, -0.2) is 22.7 Å². The number of pyridine rings is 1. The Morgan fingerprint density at radius 3 is 2.70 bits per heavy atom. The number of carbonyl (C=O) groups is 1. The molecule has 0 aliphatic rings. The van der Waals surface area contributed by atoms with E-state index in [4.69, 9.17) is 16.3 Å². The van der Waals surface area contributed by atoms with Crippen LogP contribution < -0.4 is 11.1 Å². The second kappa shape index (κ2) is 7.37. The SMILES string of the molecule is CCCNC(=O)[C@H](C)Sc1nc(N)c(C#N)cc1C#N. The Balaban J connectivity index is 2.93. The van der Waals surface area contributed by atoms with Crippen LogP contribution in [0.3, 0.4) is 0 Å². The van der Waals surface area contributed by atoms with E-state index in [-0.39, 0.29) is 22.9 Å². The molecule has 0 saturated carbocycles. The van der Waals surface area contributed by atoms with E-state index in [1.54, 1.807) is 6.92 Å². The summed E-state index contributed by atoms with van der Waals surface area (Å²) in [7, 11) is 0. The molecule has 1 amide bonds. The highest BCUT2D eigenvalue weighted by Crippen LogP contribution is 2.27. The Hall–Kier alpha value is -2.25. The summed E-state index contributed by atoms with van der Waals surface area (Å²) in [5, 5.41) is 20.7. The highest BCUT2D eigenvalue weighted by Gasteiger charge is 2.18. The monoisotopic (exact) mass is 289 g/mol. The third-order valence-corrected chi connectivity index (χ3v) is 3.57. The van der Waals surface area contributed by atoms with Gasteiger partial charge in [0.15, 0.2) is 0 Å². The summed E-state index contributed by atoms with van der Waals surface area (Å²) in [5.41, 5.74) is 6.04. The first-order valence-electron chi connectivity index (χ1n) is 6.08. The minimum Gasteiger partial charge on any atom is -0.383 e. The number of thioether (sulfide) groups is 1. The molecular formula is C13H15N5OS. The van der Waals surface area contributed by atoms with Crippen LogP contribution in [0.1, 0.15) is 31.4 Å². The number of amides is 1. The summed E-state index contributed by atoms with van der Waals surface area (Å²) in [6.45, 7) is 4.30. The van der Waals surface area contributed by atoms with Crippen LogP contribution in [-0.2, 0) is 4.79 Å². The van der Waals surface area contributed by atoms with Crippen LogP contribution in [0.15, 0.2) is 11.1 Å². The summed E-state index contributed by atoms with van der Waals surface area (Å²) in [6, 6.07) is 5.23. The molecule has 1 atom stereocenters. The molecule has 0 fully saturated rings. The maximum Gasteiger partial charge on any atom is 0.233 e. The van der Waals surface area contributed by atoms with Gasteiger partial charge in [-0.2, -0.15) is 10.5 Å². The van der Waals surface area contributed by atoms with Crippen molar-refractivity contribution in [2.24, 2.45) is 0 Å². The second-order valence-electron chi connectivity index (χ2n) is 4.05. The van der Waals surface area contributed by atoms with Gasteiger partial charge in [0.2, 0.25) is 5.91 Å². The lowest BCUT2D eigenvalue weighted by Gasteiger charge is -2.12. The summed E-state index contributed by atoms with van der Waals surface area (Å²) >= 11 is 1.15. The van der Waals surface area contributed by atoms with Crippen LogP contribution in [0.25, 0.3) is 0 Å². The molecule has 1 aromatic heterocycles. The highest BCUT2D eigenvalue weighted by molar-refractivity contribution is 8.00. The second-order valence-corrected chi connectivity index (χ2v) is 5.38. The van der Waals surface area contributed by atoms with Crippen molar-refractivity contribution in [1.82, 2.24) is 10.3 Å². The zero-order chi connectivity index (χ0) is 15.1. The zero-order valence-corrected chi connectivity index (χ0v) is 12.1. The lowest BCUT2D eigenvalue weighted by atomic mass is 10.2. The molecule has 1 aromatic rings. The van der Waals surface area contributed by atoms with Gasteiger partial charge in [0.1, 0.15) is 23.0 Å². The van der Waals surface area contributed by atoms with Gasteiger partial charge in [-0.25, -0.2) is 4.98 Å². The van der Waals surface area contributed by atoms with Crippen LogP contribution in [0.4, 0.5) is 5.82 Å². The number of hydrogen-bond acceptors (Lipinski definition) is 6. The van der Waals surface area contributed by atoms with Crippen molar-refractivity contribution in [3.63, 3.8) is 0 Å². The Morgan fingerprint density at radius 2 is 2.15 bits per heavy atom. The smallest absolute Gasteiger partial charge is 0.233 e. The fraction of sp³-hybridized carbons (Fsp3) is 0.385. The maximum absolute atomic E-state index is 11.8. The van der Waals surface area contributed by atoms with Crippen molar-refractivity contribution < 1.29 is 4.79 Å². The van der Waals surface area contributed by atoms with E-state index in [1.165, 1.54) is 6.07 Å². The summed E-state index contributed by atoms with van der Waals surface area (Å²) in [4.78, 5) is 15.8. The van der Waals surface area contributed by atoms with Gasteiger partial charge in [0.05, 0.1) is 16.4 Å². The van der Waals surface area contributed by atoms with Gasteiger partial charge in [0, 0.05) is 6.54 Å². The lowest BCUT2D eigenvalue weighted by molar-refractivity contribution is -0.120. The molecule has 0 radical (unpaired) electrons. The van der Waals surface area contributed by atoms with Crippen LogP contribution >= 0.6 is 11.8 Å². The van der Waals surface area contributed by atoms with Crippen LogP contribution in [0.5, 0.6) is 0 Å². The van der Waals surface area contributed by atoms with E-state index in [0.29, 0.717) is 11.6 Å². The molecule has 104 valence electrons. The molecule has 20 heavy (non-hydrogen) atoms. The summed E-state index contributed by atoms with van der Waals surface area (Å²) in [6.07, 6.45) is 0.856. The van der Waals surface area contributed by atoms with Gasteiger partial charge in [0.25, 0.3) is 0 Å². The first-order chi connectivity index (χ1) is 9.53. The molecule has 0 spiro atoms. The average Bonchev–Trinajstić information content (AvgIpc) is 2.44. The maximum atomic E-state index is 11.8. The van der Waals surface area contributed by atoms with Crippen molar-refractivity contribution in [1.29, 1.82) is 10.5 Å². The fourth-order valence-electron chi connectivity index (χ4n) is 1.38.